The minimum absolute atomic E-state index is 0.0808. The van der Waals surface area contributed by atoms with E-state index in [1.165, 1.54) is 173 Å². The zero-order valence-corrected chi connectivity index (χ0v) is 44.0. The standard InChI is InChI=1S/C60H108O6/c1-4-7-10-13-16-19-22-25-27-28-29-30-31-32-33-36-38-41-44-47-50-53-59(62)65-56-57(55-64-58(61)52-49-46-43-40-37-34-24-21-18-15-12-9-6-3)66-60(63)54-51-48-45-42-39-35-26-23-20-17-14-11-8-5-2/h9,12,18,21,28-29,34,37,57H,4-8,10-11,13-17,19-20,22-27,30-33,35-36,38-56H2,1-3H3/b12-9-,21-18-,29-28-,37-34-. The minimum Gasteiger partial charge on any atom is -0.462 e. The van der Waals surface area contributed by atoms with Crippen LogP contribution < -0.4 is 0 Å². The molecule has 0 N–H and O–H groups in total. The first-order valence-electron chi connectivity index (χ1n) is 28.6. The van der Waals surface area contributed by atoms with Crippen LogP contribution in [0.25, 0.3) is 0 Å². The number of ether oxygens (including phenoxy) is 3. The van der Waals surface area contributed by atoms with E-state index in [0.717, 1.165) is 83.5 Å². The molecular formula is C60H108O6. The zero-order valence-electron chi connectivity index (χ0n) is 44.0. The third kappa shape index (κ3) is 52.3. The topological polar surface area (TPSA) is 78.9 Å². The summed E-state index contributed by atoms with van der Waals surface area (Å²) in [5.41, 5.74) is 0. The Labute approximate surface area is 409 Å². The molecule has 0 aliphatic carbocycles. The van der Waals surface area contributed by atoms with E-state index in [9.17, 15) is 14.4 Å². The normalized spacial score (nSPS) is 12.3. The van der Waals surface area contributed by atoms with Gasteiger partial charge >= 0.3 is 17.9 Å². The van der Waals surface area contributed by atoms with E-state index in [0.29, 0.717) is 19.3 Å². The summed E-state index contributed by atoms with van der Waals surface area (Å²) in [6.07, 6.45) is 66.8. The van der Waals surface area contributed by atoms with Gasteiger partial charge in [-0.1, -0.05) is 249 Å². The summed E-state index contributed by atoms with van der Waals surface area (Å²) in [4.78, 5) is 38.1. The summed E-state index contributed by atoms with van der Waals surface area (Å²) in [5.74, 6) is -0.900. The number of carbonyl (C=O) groups excluding carboxylic acids is 3. The number of esters is 3. The largest absolute Gasteiger partial charge is 0.462 e. The number of rotatable bonds is 52. The van der Waals surface area contributed by atoms with Crippen LogP contribution in [-0.4, -0.2) is 37.2 Å². The predicted octanol–water partition coefficient (Wildman–Crippen LogP) is 19.0. The maximum Gasteiger partial charge on any atom is 0.306 e. The molecule has 1 unspecified atom stereocenters. The lowest BCUT2D eigenvalue weighted by molar-refractivity contribution is -0.167. The molecule has 0 radical (unpaired) electrons. The molecule has 384 valence electrons. The monoisotopic (exact) mass is 925 g/mol. The van der Waals surface area contributed by atoms with Crippen molar-refractivity contribution in [3.8, 4) is 0 Å². The average molecular weight is 926 g/mol. The first-order valence-corrected chi connectivity index (χ1v) is 28.6. The first kappa shape index (κ1) is 63.4. The summed E-state index contributed by atoms with van der Waals surface area (Å²) in [6, 6.07) is 0. The third-order valence-corrected chi connectivity index (χ3v) is 12.6. The van der Waals surface area contributed by atoms with Crippen LogP contribution in [0.1, 0.15) is 297 Å². The second-order valence-electron chi connectivity index (χ2n) is 19.2. The number of unbranched alkanes of at least 4 members (excludes halogenated alkanes) is 33. The van der Waals surface area contributed by atoms with Crippen LogP contribution in [0.5, 0.6) is 0 Å². The number of hydrogen-bond donors (Lipinski definition) is 0. The van der Waals surface area contributed by atoms with Crippen molar-refractivity contribution in [1.82, 2.24) is 0 Å². The second kappa shape index (κ2) is 55.0. The first-order chi connectivity index (χ1) is 32.5. The van der Waals surface area contributed by atoms with Gasteiger partial charge < -0.3 is 14.2 Å². The quantitative estimate of drug-likeness (QED) is 0.0262. The molecule has 66 heavy (non-hydrogen) atoms. The molecule has 0 aliphatic heterocycles. The Balaban J connectivity index is 4.32. The summed E-state index contributed by atoms with van der Waals surface area (Å²) < 4.78 is 16.8. The zero-order chi connectivity index (χ0) is 47.9. The fourth-order valence-electron chi connectivity index (χ4n) is 8.28. The Morgan fingerprint density at radius 2 is 0.591 bits per heavy atom. The Hall–Kier alpha value is -2.63. The Morgan fingerprint density at radius 3 is 0.955 bits per heavy atom. The highest BCUT2D eigenvalue weighted by Gasteiger charge is 2.19. The number of hydrogen-bond acceptors (Lipinski definition) is 6. The lowest BCUT2D eigenvalue weighted by atomic mass is 10.0. The van der Waals surface area contributed by atoms with Crippen LogP contribution in [0, 0.1) is 0 Å². The highest BCUT2D eigenvalue weighted by molar-refractivity contribution is 5.71. The van der Waals surface area contributed by atoms with Crippen LogP contribution >= 0.6 is 0 Å². The fourth-order valence-corrected chi connectivity index (χ4v) is 8.28. The molecule has 0 bridgehead atoms. The van der Waals surface area contributed by atoms with Crippen molar-refractivity contribution in [2.45, 2.75) is 303 Å². The van der Waals surface area contributed by atoms with Gasteiger partial charge in [-0.15, -0.1) is 0 Å². The van der Waals surface area contributed by atoms with E-state index < -0.39 is 6.10 Å². The summed E-state index contributed by atoms with van der Waals surface area (Å²) >= 11 is 0. The Morgan fingerprint density at radius 1 is 0.318 bits per heavy atom. The molecule has 0 heterocycles. The van der Waals surface area contributed by atoms with Crippen LogP contribution in [0.15, 0.2) is 48.6 Å². The third-order valence-electron chi connectivity index (χ3n) is 12.6. The van der Waals surface area contributed by atoms with Gasteiger partial charge in [-0.05, 0) is 77.0 Å². The van der Waals surface area contributed by atoms with E-state index in [1.54, 1.807) is 0 Å². The van der Waals surface area contributed by atoms with Crippen molar-refractivity contribution >= 4 is 17.9 Å². The van der Waals surface area contributed by atoms with Crippen molar-refractivity contribution in [3.05, 3.63) is 48.6 Å². The molecule has 0 aromatic rings. The lowest BCUT2D eigenvalue weighted by Crippen LogP contribution is -2.30. The van der Waals surface area contributed by atoms with Gasteiger partial charge in [0.2, 0.25) is 0 Å². The molecule has 0 saturated carbocycles. The molecular weight excluding hydrogens is 817 g/mol. The van der Waals surface area contributed by atoms with Gasteiger partial charge in [-0.3, -0.25) is 14.4 Å². The molecule has 0 spiro atoms. The maximum atomic E-state index is 12.8. The van der Waals surface area contributed by atoms with Crippen molar-refractivity contribution in [3.63, 3.8) is 0 Å². The van der Waals surface area contributed by atoms with Crippen LogP contribution in [-0.2, 0) is 28.6 Å². The predicted molar refractivity (Wildman–Crippen MR) is 284 cm³/mol. The van der Waals surface area contributed by atoms with Gasteiger partial charge in [0, 0.05) is 19.3 Å². The maximum absolute atomic E-state index is 12.8. The molecule has 1 atom stereocenters. The number of allylic oxidation sites excluding steroid dienone is 8. The second-order valence-corrected chi connectivity index (χ2v) is 19.2. The van der Waals surface area contributed by atoms with Crippen LogP contribution in [0.4, 0.5) is 0 Å². The molecule has 6 nitrogen and oxygen atoms in total. The highest BCUT2D eigenvalue weighted by atomic mass is 16.6. The molecule has 0 rings (SSSR count). The molecule has 0 aliphatic rings. The van der Waals surface area contributed by atoms with Gasteiger partial charge in [-0.25, -0.2) is 0 Å². The van der Waals surface area contributed by atoms with Crippen molar-refractivity contribution in [2.75, 3.05) is 13.2 Å². The van der Waals surface area contributed by atoms with Gasteiger partial charge in [0.25, 0.3) is 0 Å². The van der Waals surface area contributed by atoms with E-state index in [-0.39, 0.29) is 31.1 Å². The summed E-state index contributed by atoms with van der Waals surface area (Å²) in [7, 11) is 0. The van der Waals surface area contributed by atoms with Crippen LogP contribution in [0.3, 0.4) is 0 Å². The lowest BCUT2D eigenvalue weighted by Gasteiger charge is -2.18. The Bertz CT molecular complexity index is 1150. The van der Waals surface area contributed by atoms with Crippen LogP contribution in [0.2, 0.25) is 0 Å². The molecule has 0 aromatic heterocycles. The van der Waals surface area contributed by atoms with Crippen molar-refractivity contribution in [1.29, 1.82) is 0 Å². The van der Waals surface area contributed by atoms with E-state index >= 15 is 0 Å². The molecule has 6 heteroatoms. The van der Waals surface area contributed by atoms with Gasteiger partial charge in [0.15, 0.2) is 6.10 Å². The van der Waals surface area contributed by atoms with Gasteiger partial charge in [0.05, 0.1) is 0 Å². The molecule has 0 aromatic carbocycles. The molecule has 0 fully saturated rings. The van der Waals surface area contributed by atoms with E-state index in [1.807, 2.05) is 0 Å². The van der Waals surface area contributed by atoms with Crippen molar-refractivity contribution < 1.29 is 28.6 Å². The van der Waals surface area contributed by atoms with Crippen molar-refractivity contribution in [2.24, 2.45) is 0 Å². The Kier molecular flexibility index (Phi) is 52.8. The van der Waals surface area contributed by atoms with Gasteiger partial charge in [0.1, 0.15) is 13.2 Å². The fraction of sp³-hybridized carbons (Fsp3) is 0.817. The molecule has 0 saturated heterocycles. The number of carbonyl (C=O) groups is 3. The summed E-state index contributed by atoms with van der Waals surface area (Å²) in [5, 5.41) is 0. The van der Waals surface area contributed by atoms with Gasteiger partial charge in [-0.2, -0.15) is 0 Å². The minimum atomic E-state index is -0.783. The molecule has 0 amide bonds. The smallest absolute Gasteiger partial charge is 0.306 e. The van der Waals surface area contributed by atoms with E-state index in [4.69, 9.17) is 14.2 Å². The van der Waals surface area contributed by atoms with E-state index in [2.05, 4.69) is 69.4 Å². The summed E-state index contributed by atoms with van der Waals surface area (Å²) in [6.45, 7) is 6.53. The SMILES string of the molecule is CC/C=C\C/C=C\C/C=C\CCCCCC(=O)OCC(COC(=O)CCCCCCCCCCC/C=C\CCCCCCCCCC)OC(=O)CCCCCCCCCCCCCCCC. The highest BCUT2D eigenvalue weighted by Crippen LogP contribution is 2.16. The average Bonchev–Trinajstić information content (AvgIpc) is 3.31.